The second-order valence-electron chi connectivity index (χ2n) is 6.32. The third-order valence-corrected chi connectivity index (χ3v) is 4.50. The molecule has 2 heterocycles. The first-order valence-electron chi connectivity index (χ1n) is 9.98. The van der Waals surface area contributed by atoms with E-state index in [1.54, 1.807) is 20.4 Å². The van der Waals surface area contributed by atoms with Crippen molar-refractivity contribution in [3.63, 3.8) is 0 Å². The van der Waals surface area contributed by atoms with Gasteiger partial charge in [0.15, 0.2) is 0 Å². The van der Waals surface area contributed by atoms with E-state index in [1.165, 1.54) is 5.56 Å². The summed E-state index contributed by atoms with van der Waals surface area (Å²) < 4.78 is 10.5. The fourth-order valence-electron chi connectivity index (χ4n) is 2.98. The van der Waals surface area contributed by atoms with E-state index in [0.29, 0.717) is 6.01 Å². The maximum absolute atomic E-state index is 5.28. The van der Waals surface area contributed by atoms with Crippen molar-refractivity contribution < 1.29 is 9.47 Å². The number of aromatic nitrogens is 4. The molecular formula is C23H27N5O2. The fraction of sp³-hybridized carbons (Fsp3) is 0.261. The Kier molecular flexibility index (Phi) is 7.21. The number of nitrogens with one attached hydrogen (secondary N) is 2. The van der Waals surface area contributed by atoms with Gasteiger partial charge in [0.2, 0.25) is 0 Å². The van der Waals surface area contributed by atoms with Gasteiger partial charge in [-0.05, 0) is 30.2 Å². The molecule has 0 atom stereocenters. The van der Waals surface area contributed by atoms with Crippen LogP contribution in [0.2, 0.25) is 0 Å². The molecule has 0 fully saturated rings. The Hall–Kier alpha value is -3.61. The maximum atomic E-state index is 5.28. The average Bonchev–Trinajstić information content (AvgIpc) is 3.28. The number of aromatic amines is 1. The van der Waals surface area contributed by atoms with E-state index in [-0.39, 0.29) is 0 Å². The van der Waals surface area contributed by atoms with Gasteiger partial charge in [0.05, 0.1) is 31.6 Å². The van der Waals surface area contributed by atoms with Gasteiger partial charge in [-0.3, -0.25) is 5.10 Å². The summed E-state index contributed by atoms with van der Waals surface area (Å²) in [4.78, 5) is 8.88. The van der Waals surface area contributed by atoms with E-state index in [2.05, 4.69) is 37.6 Å². The second-order valence-corrected chi connectivity index (χ2v) is 6.32. The van der Waals surface area contributed by atoms with Crippen molar-refractivity contribution >= 4 is 16.7 Å². The molecule has 0 aliphatic rings. The predicted octanol–water partition coefficient (Wildman–Crippen LogP) is 4.72. The van der Waals surface area contributed by atoms with Crippen LogP contribution in [0.4, 0.5) is 5.82 Å². The highest BCUT2D eigenvalue weighted by molar-refractivity contribution is 5.83. The van der Waals surface area contributed by atoms with Crippen LogP contribution < -0.4 is 14.8 Å². The largest absolute Gasteiger partial charge is 0.497 e. The summed E-state index contributed by atoms with van der Waals surface area (Å²) in [5.41, 5.74) is 3.94. The highest BCUT2D eigenvalue weighted by atomic mass is 16.5. The quantitative estimate of drug-likeness (QED) is 0.463. The van der Waals surface area contributed by atoms with Crippen LogP contribution in [0.1, 0.15) is 19.4 Å². The van der Waals surface area contributed by atoms with Crippen molar-refractivity contribution in [2.24, 2.45) is 0 Å². The summed E-state index contributed by atoms with van der Waals surface area (Å²) >= 11 is 0. The summed E-state index contributed by atoms with van der Waals surface area (Å²) in [6.45, 7) is 4.74. The van der Waals surface area contributed by atoms with Crippen molar-refractivity contribution in [3.8, 4) is 23.0 Å². The monoisotopic (exact) mass is 405 g/mol. The number of nitrogens with zero attached hydrogens (tertiary/aromatic N) is 3. The van der Waals surface area contributed by atoms with Crippen LogP contribution >= 0.6 is 0 Å². The molecule has 0 radical (unpaired) electrons. The smallest absolute Gasteiger partial charge is 0.318 e. The summed E-state index contributed by atoms with van der Waals surface area (Å²) in [5.74, 6) is 1.58. The van der Waals surface area contributed by atoms with E-state index >= 15 is 0 Å². The maximum Gasteiger partial charge on any atom is 0.318 e. The van der Waals surface area contributed by atoms with Gasteiger partial charge in [0.1, 0.15) is 11.6 Å². The molecule has 7 heteroatoms. The lowest BCUT2D eigenvalue weighted by atomic mass is 10.1. The number of rotatable bonds is 7. The van der Waals surface area contributed by atoms with E-state index in [9.17, 15) is 0 Å². The Balaban J connectivity index is 0.00000124. The molecule has 4 aromatic rings. The molecule has 2 aromatic carbocycles. The molecule has 0 bridgehead atoms. The number of benzene rings is 2. The molecule has 0 saturated carbocycles. The zero-order valence-electron chi connectivity index (χ0n) is 17.8. The molecule has 2 aromatic heterocycles. The van der Waals surface area contributed by atoms with Gasteiger partial charge in [-0.2, -0.15) is 15.1 Å². The van der Waals surface area contributed by atoms with Crippen LogP contribution in [-0.4, -0.2) is 40.9 Å². The summed E-state index contributed by atoms with van der Waals surface area (Å²) in [6, 6.07) is 16.4. The number of anilines is 1. The van der Waals surface area contributed by atoms with Crippen molar-refractivity contribution in [2.75, 3.05) is 26.1 Å². The summed E-state index contributed by atoms with van der Waals surface area (Å²) in [5, 5.41) is 11.5. The lowest BCUT2D eigenvalue weighted by Crippen LogP contribution is -2.08. The Bertz CT molecular complexity index is 1080. The van der Waals surface area contributed by atoms with Gasteiger partial charge in [0.25, 0.3) is 0 Å². The summed E-state index contributed by atoms with van der Waals surface area (Å²) in [6.07, 6.45) is 2.66. The molecule has 2 N–H and O–H groups in total. The number of H-pyrrole nitrogens is 1. The van der Waals surface area contributed by atoms with E-state index < -0.39 is 0 Å². The van der Waals surface area contributed by atoms with E-state index in [0.717, 1.165) is 46.7 Å². The average molecular weight is 406 g/mol. The second kappa shape index (κ2) is 10.2. The minimum atomic E-state index is 0.328. The van der Waals surface area contributed by atoms with Gasteiger partial charge in [-0.25, -0.2) is 0 Å². The van der Waals surface area contributed by atoms with Crippen LogP contribution in [0, 0.1) is 0 Å². The molecule has 0 saturated heterocycles. The van der Waals surface area contributed by atoms with Crippen LogP contribution in [-0.2, 0) is 6.42 Å². The number of hydrogen-bond donors (Lipinski definition) is 2. The normalized spacial score (nSPS) is 10.3. The van der Waals surface area contributed by atoms with Crippen molar-refractivity contribution in [2.45, 2.75) is 20.3 Å². The van der Waals surface area contributed by atoms with Crippen molar-refractivity contribution in [3.05, 3.63) is 60.3 Å². The molecule has 0 amide bonds. The zero-order chi connectivity index (χ0) is 21.3. The Morgan fingerprint density at radius 3 is 2.47 bits per heavy atom. The molecular weight excluding hydrogens is 378 g/mol. The van der Waals surface area contributed by atoms with Gasteiger partial charge in [-0.1, -0.05) is 38.1 Å². The number of ether oxygens (including phenoxy) is 2. The number of hydrogen-bond acceptors (Lipinski definition) is 6. The molecule has 0 unspecified atom stereocenters. The molecule has 4 rings (SSSR count). The SMILES string of the molecule is CC.COc1ccc(CCNc2cc(-c3ccc4cn[nH]c4c3)nc(OC)n2)cc1. The third-order valence-electron chi connectivity index (χ3n) is 4.50. The topological polar surface area (TPSA) is 85.0 Å². The molecule has 0 aliphatic carbocycles. The first-order chi connectivity index (χ1) is 14.7. The van der Waals surface area contributed by atoms with Gasteiger partial charge < -0.3 is 14.8 Å². The molecule has 0 aliphatic heterocycles. The molecule has 30 heavy (non-hydrogen) atoms. The Labute approximate surface area is 176 Å². The number of methoxy groups -OCH3 is 2. The Morgan fingerprint density at radius 2 is 1.73 bits per heavy atom. The predicted molar refractivity (Wildman–Crippen MR) is 120 cm³/mol. The lowest BCUT2D eigenvalue weighted by molar-refractivity contribution is 0.381. The fourth-order valence-corrected chi connectivity index (χ4v) is 2.98. The lowest BCUT2D eigenvalue weighted by Gasteiger charge is -2.10. The molecule has 156 valence electrons. The standard InChI is InChI=1S/C21H21N5O2.C2H6/c1-27-17-7-3-14(4-8-17)9-10-22-20-12-18(24-21(25-20)28-2)15-5-6-16-13-23-26-19(16)11-15;1-2/h3-8,11-13H,9-10H2,1-2H3,(H,23,26)(H,22,24,25);1-2H3. The Morgan fingerprint density at radius 1 is 0.933 bits per heavy atom. The van der Waals surface area contributed by atoms with Gasteiger partial charge in [0, 0.05) is 23.6 Å². The van der Waals surface area contributed by atoms with Crippen molar-refractivity contribution in [1.29, 1.82) is 0 Å². The van der Waals surface area contributed by atoms with Gasteiger partial charge >= 0.3 is 6.01 Å². The molecule has 0 spiro atoms. The zero-order valence-corrected chi connectivity index (χ0v) is 17.8. The van der Waals surface area contributed by atoms with Gasteiger partial charge in [-0.15, -0.1) is 0 Å². The number of fused-ring (bicyclic) bond motifs is 1. The summed E-state index contributed by atoms with van der Waals surface area (Å²) in [7, 11) is 3.24. The van der Waals surface area contributed by atoms with E-state index in [1.807, 2.05) is 50.2 Å². The third kappa shape index (κ3) is 5.05. The molecule has 7 nitrogen and oxygen atoms in total. The highest BCUT2D eigenvalue weighted by Gasteiger charge is 2.08. The van der Waals surface area contributed by atoms with Crippen LogP contribution in [0.5, 0.6) is 11.8 Å². The van der Waals surface area contributed by atoms with E-state index in [4.69, 9.17) is 9.47 Å². The minimum Gasteiger partial charge on any atom is -0.497 e. The first-order valence-corrected chi connectivity index (χ1v) is 9.98. The van der Waals surface area contributed by atoms with Crippen LogP contribution in [0.25, 0.3) is 22.2 Å². The first kappa shape index (κ1) is 21.1. The minimum absolute atomic E-state index is 0.328. The highest BCUT2D eigenvalue weighted by Crippen LogP contribution is 2.25. The van der Waals surface area contributed by atoms with Crippen molar-refractivity contribution in [1.82, 2.24) is 20.2 Å². The van der Waals surface area contributed by atoms with Crippen LogP contribution in [0.3, 0.4) is 0 Å². The van der Waals surface area contributed by atoms with Crippen LogP contribution in [0.15, 0.2) is 54.7 Å².